The summed E-state index contributed by atoms with van der Waals surface area (Å²) >= 11 is 4.39. The Morgan fingerprint density at radius 2 is 1.58 bits per heavy atom. The van der Waals surface area contributed by atoms with E-state index in [0.29, 0.717) is 19.8 Å². The van der Waals surface area contributed by atoms with Gasteiger partial charge in [-0.05, 0) is 0 Å². The average Bonchev–Trinajstić information content (AvgIpc) is 3.08. The van der Waals surface area contributed by atoms with E-state index in [9.17, 15) is 0 Å². The standard InChI is InChI=1S/C16H30BNO7S/c1-18(6-9-10(7-19-2)24-15(17)12(9)20-3)23-8-11-13(21-4)14(22-5)16(26)25-11/h9-16,26H,6-8H2,1-5H3/t9-,10?,11?,12-,13-,14-,15?,16+/m1/s1. The van der Waals surface area contributed by atoms with Crippen molar-refractivity contribution in [2.45, 2.75) is 42.0 Å². The van der Waals surface area contributed by atoms with Gasteiger partial charge in [-0.3, -0.25) is 4.84 Å². The summed E-state index contributed by atoms with van der Waals surface area (Å²) in [7, 11) is 14.4. The second kappa shape index (κ2) is 10.6. The van der Waals surface area contributed by atoms with Gasteiger partial charge in [-0.2, -0.15) is 5.06 Å². The molecule has 8 nitrogen and oxygen atoms in total. The monoisotopic (exact) mass is 391 g/mol. The molecule has 10 heteroatoms. The van der Waals surface area contributed by atoms with Crippen molar-refractivity contribution in [1.29, 1.82) is 0 Å². The summed E-state index contributed by atoms with van der Waals surface area (Å²) in [6, 6.07) is -0.484. The molecular formula is C16H30BNO7S. The van der Waals surface area contributed by atoms with Crippen LogP contribution in [0.15, 0.2) is 0 Å². The molecule has 2 saturated heterocycles. The zero-order valence-electron chi connectivity index (χ0n) is 16.1. The van der Waals surface area contributed by atoms with E-state index < -0.39 is 6.00 Å². The highest BCUT2D eigenvalue weighted by Gasteiger charge is 2.45. The van der Waals surface area contributed by atoms with Crippen LogP contribution in [0.25, 0.3) is 0 Å². The van der Waals surface area contributed by atoms with Crippen LogP contribution in [0.2, 0.25) is 0 Å². The van der Waals surface area contributed by atoms with Crippen LogP contribution in [-0.4, -0.2) is 110 Å². The Balaban J connectivity index is 1.88. The van der Waals surface area contributed by atoms with Crippen LogP contribution in [0.4, 0.5) is 0 Å². The van der Waals surface area contributed by atoms with Gasteiger partial charge in [0.15, 0.2) is 0 Å². The van der Waals surface area contributed by atoms with Crippen LogP contribution >= 0.6 is 12.6 Å². The Morgan fingerprint density at radius 3 is 2.15 bits per heavy atom. The second-order valence-electron chi connectivity index (χ2n) is 6.53. The van der Waals surface area contributed by atoms with E-state index >= 15 is 0 Å². The van der Waals surface area contributed by atoms with Crippen molar-refractivity contribution in [3.05, 3.63) is 0 Å². The zero-order chi connectivity index (χ0) is 19.3. The predicted octanol–water partition coefficient (Wildman–Crippen LogP) is -0.294. The molecule has 0 N–H and O–H groups in total. The van der Waals surface area contributed by atoms with Crippen molar-refractivity contribution in [2.75, 3.05) is 55.2 Å². The van der Waals surface area contributed by atoms with Gasteiger partial charge in [0.2, 0.25) is 0 Å². The molecule has 0 spiro atoms. The number of hydrogen-bond acceptors (Lipinski definition) is 9. The van der Waals surface area contributed by atoms with Crippen molar-refractivity contribution >= 4 is 20.5 Å². The molecule has 8 atom stereocenters. The van der Waals surface area contributed by atoms with Crippen LogP contribution in [-0.2, 0) is 33.3 Å². The van der Waals surface area contributed by atoms with E-state index in [1.54, 1.807) is 33.5 Å². The highest BCUT2D eigenvalue weighted by atomic mass is 32.1. The van der Waals surface area contributed by atoms with Gasteiger partial charge in [-0.25, -0.2) is 0 Å². The van der Waals surface area contributed by atoms with E-state index in [4.69, 9.17) is 41.1 Å². The molecule has 0 saturated carbocycles. The van der Waals surface area contributed by atoms with Crippen molar-refractivity contribution in [3.63, 3.8) is 0 Å². The smallest absolute Gasteiger partial charge is 0.129 e. The maximum Gasteiger partial charge on any atom is 0.129 e. The molecular weight excluding hydrogens is 361 g/mol. The molecule has 0 aliphatic carbocycles. The Bertz CT molecular complexity index is 424. The third kappa shape index (κ3) is 5.12. The second-order valence-corrected chi connectivity index (χ2v) is 7.04. The van der Waals surface area contributed by atoms with Crippen molar-refractivity contribution in [3.8, 4) is 0 Å². The third-order valence-corrected chi connectivity index (χ3v) is 5.33. The molecule has 3 unspecified atom stereocenters. The fraction of sp³-hybridized carbons (Fsp3) is 1.00. The Hall–Kier alpha value is 0.0949. The van der Waals surface area contributed by atoms with Crippen LogP contribution < -0.4 is 0 Å². The maximum absolute atomic E-state index is 6.01. The fourth-order valence-electron chi connectivity index (χ4n) is 3.62. The Morgan fingerprint density at radius 1 is 0.923 bits per heavy atom. The van der Waals surface area contributed by atoms with Gasteiger partial charge in [0.05, 0.1) is 25.4 Å². The van der Waals surface area contributed by atoms with E-state index in [2.05, 4.69) is 12.6 Å². The number of ether oxygens (including phenoxy) is 6. The van der Waals surface area contributed by atoms with E-state index in [1.165, 1.54) is 0 Å². The van der Waals surface area contributed by atoms with Gasteiger partial charge < -0.3 is 28.4 Å². The molecule has 2 aliphatic rings. The van der Waals surface area contributed by atoms with E-state index in [1.807, 2.05) is 7.05 Å². The molecule has 2 fully saturated rings. The topological polar surface area (TPSA) is 67.9 Å². The third-order valence-electron chi connectivity index (χ3n) is 4.92. The molecule has 2 aliphatic heterocycles. The number of hydrogen-bond donors (Lipinski definition) is 1. The van der Waals surface area contributed by atoms with Gasteiger partial charge in [-0.15, -0.1) is 12.6 Å². The van der Waals surface area contributed by atoms with Crippen LogP contribution in [0, 0.1) is 5.92 Å². The lowest BCUT2D eigenvalue weighted by atomic mass is 9.87. The predicted molar refractivity (Wildman–Crippen MR) is 98.4 cm³/mol. The molecule has 26 heavy (non-hydrogen) atoms. The summed E-state index contributed by atoms with van der Waals surface area (Å²) in [6.45, 7) is 1.33. The Labute approximate surface area is 162 Å². The summed E-state index contributed by atoms with van der Waals surface area (Å²) < 4.78 is 33.2. The number of nitrogens with zero attached hydrogens (tertiary/aromatic N) is 1. The summed E-state index contributed by atoms with van der Waals surface area (Å²) in [6.07, 6.45) is -1.14. The highest BCUT2D eigenvalue weighted by Crippen LogP contribution is 2.30. The molecule has 0 aromatic rings. The van der Waals surface area contributed by atoms with Crippen molar-refractivity contribution < 1.29 is 33.3 Å². The van der Waals surface area contributed by atoms with Crippen LogP contribution in [0.5, 0.6) is 0 Å². The quantitative estimate of drug-likeness (QED) is 0.310. The molecule has 2 heterocycles. The highest BCUT2D eigenvalue weighted by molar-refractivity contribution is 7.80. The molecule has 0 aromatic heterocycles. The van der Waals surface area contributed by atoms with Crippen molar-refractivity contribution in [1.82, 2.24) is 5.06 Å². The molecule has 0 bridgehead atoms. The summed E-state index contributed by atoms with van der Waals surface area (Å²) in [5.74, 6) is 0.0204. The van der Waals surface area contributed by atoms with Gasteiger partial charge in [0.1, 0.15) is 31.6 Å². The van der Waals surface area contributed by atoms with E-state index in [0.717, 1.165) is 0 Å². The molecule has 0 aromatic carbocycles. The van der Waals surface area contributed by atoms with Gasteiger partial charge >= 0.3 is 0 Å². The van der Waals surface area contributed by atoms with Gasteiger partial charge in [0, 0.05) is 54.0 Å². The molecule has 0 amide bonds. The lowest BCUT2D eigenvalue weighted by Crippen LogP contribution is -2.42. The first-order valence-corrected chi connectivity index (χ1v) is 9.14. The normalized spacial score (nSPS) is 40.6. The molecule has 150 valence electrons. The fourth-order valence-corrected chi connectivity index (χ4v) is 4.07. The first-order chi connectivity index (χ1) is 12.5. The van der Waals surface area contributed by atoms with Crippen LogP contribution in [0.1, 0.15) is 0 Å². The molecule has 2 rings (SSSR count). The van der Waals surface area contributed by atoms with Gasteiger partial charge in [-0.1, -0.05) is 0 Å². The Kier molecular flexibility index (Phi) is 9.12. The lowest BCUT2D eigenvalue weighted by Gasteiger charge is -2.28. The SMILES string of the molecule is [B]C1OC(COC)[C@@H](CN(C)OCC2O[C@@H](S)[C@H](OC)[C@@H]2OC)[C@H]1OC. The zero-order valence-corrected chi connectivity index (χ0v) is 17.0. The molecule has 2 radical (unpaired) electrons. The minimum absolute atomic E-state index is 0.0204. The number of methoxy groups -OCH3 is 4. The summed E-state index contributed by atoms with van der Waals surface area (Å²) in [4.78, 5) is 5.86. The van der Waals surface area contributed by atoms with Gasteiger partial charge in [0.25, 0.3) is 0 Å². The minimum Gasteiger partial charge on any atom is -0.382 e. The minimum atomic E-state index is -0.484. The first kappa shape index (κ1) is 22.4. The number of thiol groups is 1. The number of rotatable bonds is 10. The van der Waals surface area contributed by atoms with E-state index in [-0.39, 0.29) is 41.9 Å². The number of hydroxylamine groups is 2. The lowest BCUT2D eigenvalue weighted by molar-refractivity contribution is -0.186. The summed E-state index contributed by atoms with van der Waals surface area (Å²) in [5, 5.41) is 1.74. The largest absolute Gasteiger partial charge is 0.382 e. The maximum atomic E-state index is 6.01. The van der Waals surface area contributed by atoms with Crippen molar-refractivity contribution in [2.24, 2.45) is 5.92 Å². The first-order valence-electron chi connectivity index (χ1n) is 8.62. The van der Waals surface area contributed by atoms with Crippen LogP contribution in [0.3, 0.4) is 0 Å². The average molecular weight is 391 g/mol. The summed E-state index contributed by atoms with van der Waals surface area (Å²) in [5.41, 5.74) is -0.353.